The minimum Gasteiger partial charge on any atom is -0.390 e. The van der Waals surface area contributed by atoms with E-state index in [0.29, 0.717) is 24.9 Å². The predicted octanol–water partition coefficient (Wildman–Crippen LogP) is 2.17. The van der Waals surface area contributed by atoms with Gasteiger partial charge >= 0.3 is 0 Å². The van der Waals surface area contributed by atoms with E-state index in [1.165, 1.54) is 0 Å². The average Bonchev–Trinajstić information content (AvgIpc) is 2.94. The Hall–Kier alpha value is -1.10. The maximum absolute atomic E-state index is 12.0. The van der Waals surface area contributed by atoms with Crippen molar-refractivity contribution in [2.45, 2.75) is 65.0 Å². The second-order valence-electron chi connectivity index (χ2n) is 6.52. The van der Waals surface area contributed by atoms with Crippen molar-refractivity contribution in [3.8, 4) is 0 Å². The van der Waals surface area contributed by atoms with E-state index in [1.54, 1.807) is 0 Å². The molecule has 1 fully saturated rings. The van der Waals surface area contributed by atoms with Gasteiger partial charge in [0.15, 0.2) is 0 Å². The van der Waals surface area contributed by atoms with E-state index in [4.69, 9.17) is 4.84 Å². The maximum Gasteiger partial charge on any atom is 0.220 e. The highest BCUT2D eigenvalue weighted by molar-refractivity contribution is 5.85. The Bertz CT molecular complexity index is 374. The number of amides is 1. The maximum atomic E-state index is 12.0. The van der Waals surface area contributed by atoms with Gasteiger partial charge in [-0.25, -0.2) is 0 Å². The molecule has 0 radical (unpaired) electrons. The number of piperidine rings is 1. The molecule has 2 aliphatic heterocycles. The first-order valence-electron chi connectivity index (χ1n) is 8.30. The normalized spacial score (nSPS) is 24.0. The van der Waals surface area contributed by atoms with Gasteiger partial charge in [0.25, 0.3) is 0 Å². The van der Waals surface area contributed by atoms with E-state index in [9.17, 15) is 4.79 Å². The van der Waals surface area contributed by atoms with Gasteiger partial charge in [0.05, 0.1) is 12.3 Å². The van der Waals surface area contributed by atoms with Crippen LogP contribution in [0.25, 0.3) is 0 Å². The highest BCUT2D eigenvalue weighted by atomic mass is 16.6. The Morgan fingerprint density at radius 3 is 2.71 bits per heavy atom. The molecule has 5 heteroatoms. The molecule has 0 aliphatic carbocycles. The van der Waals surface area contributed by atoms with Crippen molar-refractivity contribution < 1.29 is 9.63 Å². The van der Waals surface area contributed by atoms with Gasteiger partial charge in [0.2, 0.25) is 5.91 Å². The number of hydrogen-bond acceptors (Lipinski definition) is 4. The molecule has 0 aromatic rings. The first-order valence-corrected chi connectivity index (χ1v) is 8.30. The standard InChI is InChI=1S/C16H29N3O2/c1-4-14-10-15(21-18-14)11-17-16(20)9-13-5-7-19(8-6-13)12(2)3/h12-13,15H,4-11H2,1-3H3,(H,17,20)/t15-/m1/s1. The third kappa shape index (κ3) is 4.99. The number of rotatable bonds is 6. The Kier molecular flexibility index (Phi) is 6.03. The van der Waals surface area contributed by atoms with E-state index in [2.05, 4.69) is 36.1 Å². The summed E-state index contributed by atoms with van der Waals surface area (Å²) >= 11 is 0. The van der Waals surface area contributed by atoms with Gasteiger partial charge in [0, 0.05) is 18.9 Å². The summed E-state index contributed by atoms with van der Waals surface area (Å²) in [6, 6.07) is 0.618. The lowest BCUT2D eigenvalue weighted by molar-refractivity contribution is -0.123. The molecule has 0 bridgehead atoms. The van der Waals surface area contributed by atoms with E-state index < -0.39 is 0 Å². The number of carbonyl (C=O) groups is 1. The molecule has 0 spiro atoms. The number of oxime groups is 1. The van der Waals surface area contributed by atoms with Gasteiger partial charge in [-0.15, -0.1) is 0 Å². The molecule has 0 aromatic carbocycles. The van der Waals surface area contributed by atoms with Gasteiger partial charge in [-0.05, 0) is 52.1 Å². The van der Waals surface area contributed by atoms with Crippen molar-refractivity contribution >= 4 is 11.6 Å². The highest BCUT2D eigenvalue weighted by Crippen LogP contribution is 2.21. The topological polar surface area (TPSA) is 53.9 Å². The van der Waals surface area contributed by atoms with Crippen molar-refractivity contribution in [3.63, 3.8) is 0 Å². The summed E-state index contributed by atoms with van der Waals surface area (Å²) in [5.74, 6) is 0.693. The summed E-state index contributed by atoms with van der Waals surface area (Å²) < 4.78 is 0. The zero-order valence-electron chi connectivity index (χ0n) is 13.6. The highest BCUT2D eigenvalue weighted by Gasteiger charge is 2.24. The minimum absolute atomic E-state index is 0.0340. The molecule has 1 saturated heterocycles. The molecular weight excluding hydrogens is 266 g/mol. The summed E-state index contributed by atoms with van der Waals surface area (Å²) in [4.78, 5) is 19.8. The molecule has 0 unspecified atom stereocenters. The largest absolute Gasteiger partial charge is 0.390 e. The summed E-state index contributed by atoms with van der Waals surface area (Å²) in [5, 5.41) is 7.01. The molecule has 2 heterocycles. The van der Waals surface area contributed by atoms with Crippen LogP contribution in [0.5, 0.6) is 0 Å². The van der Waals surface area contributed by atoms with E-state index in [0.717, 1.165) is 44.5 Å². The van der Waals surface area contributed by atoms with Gasteiger partial charge in [-0.3, -0.25) is 4.79 Å². The smallest absolute Gasteiger partial charge is 0.220 e. The van der Waals surface area contributed by atoms with Crippen LogP contribution in [0.1, 0.15) is 52.9 Å². The summed E-state index contributed by atoms with van der Waals surface area (Å²) in [7, 11) is 0. The fraction of sp³-hybridized carbons (Fsp3) is 0.875. The van der Waals surface area contributed by atoms with Crippen LogP contribution < -0.4 is 5.32 Å². The lowest BCUT2D eigenvalue weighted by atomic mass is 9.92. The van der Waals surface area contributed by atoms with Crippen molar-refractivity contribution in [2.24, 2.45) is 11.1 Å². The number of nitrogens with zero attached hydrogens (tertiary/aromatic N) is 2. The molecule has 21 heavy (non-hydrogen) atoms. The minimum atomic E-state index is 0.0340. The Morgan fingerprint density at radius 2 is 2.14 bits per heavy atom. The third-order valence-electron chi connectivity index (χ3n) is 4.58. The van der Waals surface area contributed by atoms with Gasteiger partial charge < -0.3 is 15.1 Å². The molecule has 2 aliphatic rings. The quantitative estimate of drug-likeness (QED) is 0.817. The van der Waals surface area contributed by atoms with Gasteiger partial charge in [0.1, 0.15) is 6.10 Å². The van der Waals surface area contributed by atoms with E-state index in [-0.39, 0.29) is 12.0 Å². The lowest BCUT2D eigenvalue weighted by Crippen LogP contribution is -2.40. The predicted molar refractivity (Wildman–Crippen MR) is 84.3 cm³/mol. The SMILES string of the molecule is CCC1=NO[C@@H](CNC(=O)CC2CCN(C(C)C)CC2)C1. The van der Waals surface area contributed by atoms with E-state index >= 15 is 0 Å². The zero-order chi connectivity index (χ0) is 15.2. The molecule has 5 nitrogen and oxygen atoms in total. The van der Waals surface area contributed by atoms with Crippen LogP contribution in [0.4, 0.5) is 0 Å². The van der Waals surface area contributed by atoms with Crippen LogP contribution in [0.2, 0.25) is 0 Å². The average molecular weight is 295 g/mol. The van der Waals surface area contributed by atoms with Crippen LogP contribution >= 0.6 is 0 Å². The number of carbonyl (C=O) groups excluding carboxylic acids is 1. The number of likely N-dealkylation sites (tertiary alicyclic amines) is 1. The van der Waals surface area contributed by atoms with Crippen molar-refractivity contribution in [3.05, 3.63) is 0 Å². The Balaban J connectivity index is 1.60. The molecule has 1 N–H and O–H groups in total. The molecule has 2 rings (SSSR count). The van der Waals surface area contributed by atoms with Gasteiger partial charge in [-0.1, -0.05) is 12.1 Å². The third-order valence-corrected chi connectivity index (χ3v) is 4.58. The molecular formula is C16H29N3O2. The van der Waals surface area contributed by atoms with Crippen LogP contribution in [-0.2, 0) is 9.63 Å². The second-order valence-corrected chi connectivity index (χ2v) is 6.52. The van der Waals surface area contributed by atoms with Crippen molar-refractivity contribution in [2.75, 3.05) is 19.6 Å². The first kappa shape index (κ1) is 16.3. The number of nitrogens with one attached hydrogen (secondary N) is 1. The summed E-state index contributed by atoms with van der Waals surface area (Å²) in [6.07, 6.45) is 4.73. The second kappa shape index (κ2) is 7.78. The fourth-order valence-electron chi connectivity index (χ4n) is 3.04. The first-order chi connectivity index (χ1) is 10.1. The zero-order valence-corrected chi connectivity index (χ0v) is 13.6. The van der Waals surface area contributed by atoms with Gasteiger partial charge in [-0.2, -0.15) is 0 Å². The van der Waals surface area contributed by atoms with Crippen LogP contribution in [0.3, 0.4) is 0 Å². The molecule has 120 valence electrons. The molecule has 0 saturated carbocycles. The summed E-state index contributed by atoms with van der Waals surface area (Å²) in [6.45, 7) is 9.37. The molecule has 1 amide bonds. The van der Waals surface area contributed by atoms with Crippen LogP contribution in [-0.4, -0.2) is 48.3 Å². The Morgan fingerprint density at radius 1 is 1.43 bits per heavy atom. The van der Waals surface area contributed by atoms with Crippen LogP contribution in [0, 0.1) is 5.92 Å². The van der Waals surface area contributed by atoms with Crippen LogP contribution in [0.15, 0.2) is 5.16 Å². The monoisotopic (exact) mass is 295 g/mol. The van der Waals surface area contributed by atoms with Crippen molar-refractivity contribution in [1.82, 2.24) is 10.2 Å². The van der Waals surface area contributed by atoms with Crippen molar-refractivity contribution in [1.29, 1.82) is 0 Å². The van der Waals surface area contributed by atoms with E-state index in [1.807, 2.05) is 0 Å². The Labute approximate surface area is 128 Å². The molecule has 1 atom stereocenters. The lowest BCUT2D eigenvalue weighted by Gasteiger charge is -2.34. The number of hydrogen-bond donors (Lipinski definition) is 1. The molecule has 0 aromatic heterocycles. The fourth-order valence-corrected chi connectivity index (χ4v) is 3.04. The summed E-state index contributed by atoms with van der Waals surface area (Å²) in [5.41, 5.74) is 1.09.